The van der Waals surface area contributed by atoms with Gasteiger partial charge in [0, 0.05) is 18.1 Å². The zero-order chi connectivity index (χ0) is 25.8. The van der Waals surface area contributed by atoms with Gasteiger partial charge in [0.1, 0.15) is 6.54 Å². The molecule has 0 spiro atoms. The fourth-order valence-corrected chi connectivity index (χ4v) is 5.52. The highest BCUT2D eigenvalue weighted by Crippen LogP contribution is 2.15. The van der Waals surface area contributed by atoms with E-state index in [1.165, 1.54) is 185 Å². The predicted molar refractivity (Wildman–Crippen MR) is 162 cm³/mol. The molecule has 1 heterocycles. The van der Waals surface area contributed by atoms with E-state index in [0.717, 1.165) is 0 Å². The third-order valence-corrected chi connectivity index (χ3v) is 8.01. The number of hydrogen-bond acceptors (Lipinski definition) is 0. The molecule has 0 unspecified atom stereocenters. The minimum atomic E-state index is 1.20. The summed E-state index contributed by atoms with van der Waals surface area (Å²) in [6.07, 6.45) is 43.3. The van der Waals surface area contributed by atoms with Crippen molar-refractivity contribution >= 4 is 0 Å². The first-order valence-corrected chi connectivity index (χ1v) is 16.8. The largest absolute Gasteiger partial charge is 0.205 e. The van der Waals surface area contributed by atoms with E-state index in [-0.39, 0.29) is 0 Å². The summed E-state index contributed by atoms with van der Waals surface area (Å²) in [5.74, 6) is 0. The lowest BCUT2D eigenvalue weighted by Crippen LogP contribution is -2.33. The molecule has 0 atom stereocenters. The van der Waals surface area contributed by atoms with Crippen LogP contribution in [-0.4, -0.2) is 0 Å². The maximum atomic E-state index is 2.43. The normalized spacial score (nSPS) is 11.4. The fourth-order valence-electron chi connectivity index (χ4n) is 5.52. The lowest BCUT2D eigenvalue weighted by atomic mass is 10.0. The van der Waals surface area contributed by atoms with Crippen LogP contribution in [0.4, 0.5) is 0 Å². The fraction of sp³-hybridized carbons (Fsp3) is 0.857. The summed E-state index contributed by atoms with van der Waals surface area (Å²) in [5.41, 5.74) is 1.54. The molecular weight excluding hydrogens is 434 g/mol. The SMILES string of the molecule is CCCCCCCCCCCCCCCCCCCc1ccc[n+](CCCCCCCCCCC)c1. The minimum absolute atomic E-state index is 1.20. The summed E-state index contributed by atoms with van der Waals surface area (Å²) in [4.78, 5) is 0. The van der Waals surface area contributed by atoms with Gasteiger partial charge in [-0.15, -0.1) is 0 Å². The van der Waals surface area contributed by atoms with Gasteiger partial charge in [-0.1, -0.05) is 162 Å². The van der Waals surface area contributed by atoms with Crippen LogP contribution in [0.2, 0.25) is 0 Å². The van der Waals surface area contributed by atoms with E-state index >= 15 is 0 Å². The molecule has 1 aromatic heterocycles. The summed E-state index contributed by atoms with van der Waals surface area (Å²) in [5, 5.41) is 0. The summed E-state index contributed by atoms with van der Waals surface area (Å²) >= 11 is 0. The van der Waals surface area contributed by atoms with Gasteiger partial charge in [0.15, 0.2) is 12.4 Å². The molecule has 0 aliphatic heterocycles. The molecule has 36 heavy (non-hydrogen) atoms. The van der Waals surface area contributed by atoms with Crippen LogP contribution in [0.1, 0.15) is 186 Å². The van der Waals surface area contributed by atoms with Crippen LogP contribution in [0, 0.1) is 0 Å². The second-order valence-electron chi connectivity index (χ2n) is 11.7. The average Bonchev–Trinajstić information content (AvgIpc) is 2.90. The summed E-state index contributed by atoms with van der Waals surface area (Å²) in [7, 11) is 0. The zero-order valence-corrected chi connectivity index (χ0v) is 25.1. The topological polar surface area (TPSA) is 3.88 Å². The zero-order valence-electron chi connectivity index (χ0n) is 25.1. The average molecular weight is 501 g/mol. The predicted octanol–water partition coefficient (Wildman–Crippen LogP) is 11.7. The van der Waals surface area contributed by atoms with Crippen molar-refractivity contribution in [2.45, 2.75) is 194 Å². The van der Waals surface area contributed by atoms with E-state index in [2.05, 4.69) is 42.9 Å². The highest BCUT2D eigenvalue weighted by atomic mass is 14.9. The first-order chi connectivity index (χ1) is 17.9. The smallest absolute Gasteiger partial charge is 0.171 e. The van der Waals surface area contributed by atoms with E-state index in [9.17, 15) is 0 Å². The van der Waals surface area contributed by atoms with Gasteiger partial charge in [-0.3, -0.25) is 0 Å². The van der Waals surface area contributed by atoms with Crippen LogP contribution < -0.4 is 4.57 Å². The van der Waals surface area contributed by atoms with Gasteiger partial charge >= 0.3 is 0 Å². The number of unbranched alkanes of at least 4 members (excludes halogenated alkanes) is 24. The molecule has 0 saturated carbocycles. The molecule has 0 bridgehead atoms. The standard InChI is InChI=1S/C35H66N/c1-3-5-7-9-11-13-14-15-16-17-18-19-20-21-23-25-27-30-35-31-29-33-36(34-35)32-28-26-24-22-12-10-8-6-4-2/h29,31,33-34H,3-28,30,32H2,1-2H3/q+1. The monoisotopic (exact) mass is 501 g/mol. The third-order valence-electron chi connectivity index (χ3n) is 8.01. The Hall–Kier alpha value is -0.850. The van der Waals surface area contributed by atoms with Crippen molar-refractivity contribution in [3.63, 3.8) is 0 Å². The summed E-state index contributed by atoms with van der Waals surface area (Å²) < 4.78 is 2.43. The Labute approximate surface area is 228 Å². The Morgan fingerprint density at radius 3 is 1.22 bits per heavy atom. The lowest BCUT2D eigenvalue weighted by molar-refractivity contribution is -0.697. The molecule has 1 rings (SSSR count). The molecule has 1 aromatic rings. The first kappa shape index (κ1) is 33.2. The molecule has 0 fully saturated rings. The first-order valence-electron chi connectivity index (χ1n) is 16.8. The molecule has 1 heteroatoms. The molecule has 0 radical (unpaired) electrons. The van der Waals surface area contributed by atoms with Gasteiger partial charge in [-0.25, -0.2) is 4.57 Å². The molecule has 0 saturated heterocycles. The molecule has 210 valence electrons. The quantitative estimate of drug-likeness (QED) is 0.0795. The Kier molecular flexibility index (Phi) is 25.1. The molecule has 0 aliphatic carbocycles. The van der Waals surface area contributed by atoms with E-state index in [1.807, 2.05) is 0 Å². The van der Waals surface area contributed by atoms with Gasteiger partial charge in [0.05, 0.1) is 0 Å². The highest BCUT2D eigenvalue weighted by Gasteiger charge is 2.03. The van der Waals surface area contributed by atoms with Gasteiger partial charge in [-0.2, -0.15) is 0 Å². The number of pyridine rings is 1. The van der Waals surface area contributed by atoms with Gasteiger partial charge < -0.3 is 0 Å². The lowest BCUT2D eigenvalue weighted by Gasteiger charge is -2.04. The molecule has 0 N–H and O–H groups in total. The minimum Gasteiger partial charge on any atom is -0.205 e. The van der Waals surface area contributed by atoms with Crippen LogP contribution in [0.3, 0.4) is 0 Å². The molecule has 0 aromatic carbocycles. The van der Waals surface area contributed by atoms with Crippen LogP contribution in [0.5, 0.6) is 0 Å². The van der Waals surface area contributed by atoms with Crippen molar-refractivity contribution in [1.82, 2.24) is 0 Å². The Morgan fingerprint density at radius 2 is 0.806 bits per heavy atom. The van der Waals surface area contributed by atoms with Crippen LogP contribution in [-0.2, 0) is 13.0 Å². The third kappa shape index (κ3) is 22.4. The Morgan fingerprint density at radius 1 is 0.444 bits per heavy atom. The second-order valence-corrected chi connectivity index (χ2v) is 11.7. The molecular formula is C35H66N+. The molecule has 1 nitrogen and oxygen atoms in total. The molecule has 0 amide bonds. The summed E-state index contributed by atoms with van der Waals surface area (Å²) in [6, 6.07) is 4.59. The van der Waals surface area contributed by atoms with Crippen LogP contribution >= 0.6 is 0 Å². The maximum absolute atomic E-state index is 2.43. The van der Waals surface area contributed by atoms with Crippen molar-refractivity contribution in [2.24, 2.45) is 0 Å². The number of nitrogens with zero attached hydrogens (tertiary/aromatic N) is 1. The summed E-state index contributed by atoms with van der Waals surface area (Å²) in [6.45, 7) is 5.80. The Bertz CT molecular complexity index is 551. The van der Waals surface area contributed by atoms with Gasteiger partial charge in [-0.05, 0) is 25.3 Å². The van der Waals surface area contributed by atoms with Crippen LogP contribution in [0.15, 0.2) is 24.5 Å². The number of aromatic nitrogens is 1. The Balaban J connectivity index is 1.87. The van der Waals surface area contributed by atoms with E-state index in [1.54, 1.807) is 0 Å². The number of rotatable bonds is 28. The van der Waals surface area contributed by atoms with Gasteiger partial charge in [0.25, 0.3) is 0 Å². The molecule has 0 aliphatic rings. The van der Waals surface area contributed by atoms with Crippen molar-refractivity contribution < 1.29 is 4.57 Å². The van der Waals surface area contributed by atoms with Crippen molar-refractivity contribution in [1.29, 1.82) is 0 Å². The highest BCUT2D eigenvalue weighted by molar-refractivity contribution is 5.05. The van der Waals surface area contributed by atoms with Crippen molar-refractivity contribution in [3.8, 4) is 0 Å². The maximum Gasteiger partial charge on any atom is 0.171 e. The van der Waals surface area contributed by atoms with E-state index in [4.69, 9.17) is 0 Å². The van der Waals surface area contributed by atoms with E-state index < -0.39 is 0 Å². The number of aryl methyl sites for hydroxylation is 2. The van der Waals surface area contributed by atoms with Crippen molar-refractivity contribution in [2.75, 3.05) is 0 Å². The van der Waals surface area contributed by atoms with Crippen LogP contribution in [0.25, 0.3) is 0 Å². The van der Waals surface area contributed by atoms with E-state index in [0.29, 0.717) is 0 Å². The second kappa shape index (κ2) is 27.2. The van der Waals surface area contributed by atoms with Crippen molar-refractivity contribution in [3.05, 3.63) is 30.1 Å². The number of hydrogen-bond donors (Lipinski definition) is 0. The van der Waals surface area contributed by atoms with Gasteiger partial charge in [0.2, 0.25) is 0 Å².